The standard InChI is InChI=1S/C10H19ClN2O2/c1-6(2)7(8(12)14)13-9(15)10(3,4)5-11/h6-7H,5H2,1-4H3,(H2,12,14)(H,13,15). The predicted octanol–water partition coefficient (Wildman–Crippen LogP) is 0.877. The predicted molar refractivity (Wildman–Crippen MR) is 60.5 cm³/mol. The third-order valence-corrected chi connectivity index (χ3v) is 2.88. The molecule has 0 aliphatic carbocycles. The molecule has 0 fully saturated rings. The van der Waals surface area contributed by atoms with E-state index in [9.17, 15) is 9.59 Å². The Morgan fingerprint density at radius 1 is 1.40 bits per heavy atom. The van der Waals surface area contributed by atoms with E-state index in [2.05, 4.69) is 5.32 Å². The van der Waals surface area contributed by atoms with Crippen molar-refractivity contribution in [3.05, 3.63) is 0 Å². The molecule has 1 atom stereocenters. The molecule has 0 aliphatic heterocycles. The molecule has 0 bridgehead atoms. The summed E-state index contributed by atoms with van der Waals surface area (Å²) in [6.07, 6.45) is 0. The highest BCUT2D eigenvalue weighted by atomic mass is 35.5. The molecular weight excluding hydrogens is 216 g/mol. The number of carbonyl (C=O) groups excluding carboxylic acids is 2. The molecule has 88 valence electrons. The van der Waals surface area contributed by atoms with Gasteiger partial charge in [-0.3, -0.25) is 9.59 Å². The zero-order chi connectivity index (χ0) is 12.2. The first kappa shape index (κ1) is 14.2. The van der Waals surface area contributed by atoms with Gasteiger partial charge in [0.05, 0.1) is 5.41 Å². The van der Waals surface area contributed by atoms with Crippen molar-refractivity contribution in [3.8, 4) is 0 Å². The second kappa shape index (κ2) is 5.35. The Morgan fingerprint density at radius 3 is 2.13 bits per heavy atom. The lowest BCUT2D eigenvalue weighted by molar-refractivity contribution is -0.133. The second-order valence-electron chi connectivity index (χ2n) is 4.62. The molecule has 0 heterocycles. The number of amides is 2. The van der Waals surface area contributed by atoms with Crippen LogP contribution in [-0.2, 0) is 9.59 Å². The maximum absolute atomic E-state index is 11.7. The van der Waals surface area contributed by atoms with Crippen molar-refractivity contribution in [2.24, 2.45) is 17.1 Å². The first-order valence-electron chi connectivity index (χ1n) is 4.88. The topological polar surface area (TPSA) is 72.2 Å². The molecule has 0 rings (SSSR count). The lowest BCUT2D eigenvalue weighted by Gasteiger charge is -2.25. The van der Waals surface area contributed by atoms with E-state index in [1.54, 1.807) is 13.8 Å². The summed E-state index contributed by atoms with van der Waals surface area (Å²) in [5.41, 5.74) is 4.49. The number of hydrogen-bond donors (Lipinski definition) is 2. The summed E-state index contributed by atoms with van der Waals surface area (Å²) >= 11 is 5.65. The minimum atomic E-state index is -0.690. The van der Waals surface area contributed by atoms with E-state index >= 15 is 0 Å². The van der Waals surface area contributed by atoms with E-state index in [0.29, 0.717) is 0 Å². The number of carbonyl (C=O) groups is 2. The first-order valence-corrected chi connectivity index (χ1v) is 5.42. The molecule has 4 nitrogen and oxygen atoms in total. The van der Waals surface area contributed by atoms with Crippen LogP contribution in [0.3, 0.4) is 0 Å². The molecule has 0 radical (unpaired) electrons. The fourth-order valence-electron chi connectivity index (χ4n) is 0.964. The van der Waals surface area contributed by atoms with Gasteiger partial charge in [-0.2, -0.15) is 0 Å². The Morgan fingerprint density at radius 2 is 1.87 bits per heavy atom. The van der Waals surface area contributed by atoms with Gasteiger partial charge in [0, 0.05) is 5.88 Å². The fraction of sp³-hybridized carbons (Fsp3) is 0.800. The Hall–Kier alpha value is -0.770. The molecule has 0 aromatic heterocycles. The van der Waals surface area contributed by atoms with E-state index in [-0.39, 0.29) is 17.7 Å². The van der Waals surface area contributed by atoms with Crippen molar-refractivity contribution in [2.75, 3.05) is 5.88 Å². The van der Waals surface area contributed by atoms with Crippen LogP contribution in [0.25, 0.3) is 0 Å². The molecule has 3 N–H and O–H groups in total. The van der Waals surface area contributed by atoms with Gasteiger partial charge in [-0.1, -0.05) is 13.8 Å². The smallest absolute Gasteiger partial charge is 0.240 e. The van der Waals surface area contributed by atoms with Crippen molar-refractivity contribution in [1.82, 2.24) is 5.32 Å². The summed E-state index contributed by atoms with van der Waals surface area (Å²) in [4.78, 5) is 22.8. The zero-order valence-corrected chi connectivity index (χ0v) is 10.4. The highest BCUT2D eigenvalue weighted by Crippen LogP contribution is 2.17. The normalized spacial score (nSPS) is 13.7. The number of nitrogens with one attached hydrogen (secondary N) is 1. The van der Waals surface area contributed by atoms with Crippen LogP contribution in [0.2, 0.25) is 0 Å². The van der Waals surface area contributed by atoms with Gasteiger partial charge < -0.3 is 11.1 Å². The van der Waals surface area contributed by atoms with E-state index in [1.807, 2.05) is 13.8 Å². The number of primary amides is 1. The highest BCUT2D eigenvalue weighted by molar-refractivity contribution is 6.19. The zero-order valence-electron chi connectivity index (χ0n) is 9.63. The third kappa shape index (κ3) is 4.08. The van der Waals surface area contributed by atoms with Crippen molar-refractivity contribution in [1.29, 1.82) is 0 Å². The van der Waals surface area contributed by atoms with Crippen molar-refractivity contribution in [2.45, 2.75) is 33.7 Å². The lowest BCUT2D eigenvalue weighted by atomic mass is 9.93. The Labute approximate surface area is 95.5 Å². The van der Waals surface area contributed by atoms with Gasteiger partial charge >= 0.3 is 0 Å². The molecular formula is C10H19ClN2O2. The molecule has 0 spiro atoms. The highest BCUT2D eigenvalue weighted by Gasteiger charge is 2.31. The largest absolute Gasteiger partial charge is 0.368 e. The molecule has 0 aliphatic rings. The van der Waals surface area contributed by atoms with E-state index < -0.39 is 17.4 Å². The Bertz CT molecular complexity index is 252. The third-order valence-electron chi connectivity index (χ3n) is 2.21. The summed E-state index contributed by atoms with van der Waals surface area (Å²) in [5, 5.41) is 2.61. The van der Waals surface area contributed by atoms with Gasteiger partial charge in [-0.25, -0.2) is 0 Å². The second-order valence-corrected chi connectivity index (χ2v) is 4.88. The van der Waals surface area contributed by atoms with Gasteiger partial charge in [0.2, 0.25) is 11.8 Å². The lowest BCUT2D eigenvalue weighted by Crippen LogP contribution is -2.51. The van der Waals surface area contributed by atoms with Gasteiger partial charge in [-0.05, 0) is 19.8 Å². The van der Waals surface area contributed by atoms with Crippen molar-refractivity contribution < 1.29 is 9.59 Å². The van der Waals surface area contributed by atoms with Crippen LogP contribution in [0.5, 0.6) is 0 Å². The molecule has 15 heavy (non-hydrogen) atoms. The monoisotopic (exact) mass is 234 g/mol. The van der Waals surface area contributed by atoms with E-state index in [4.69, 9.17) is 17.3 Å². The maximum atomic E-state index is 11.7. The number of alkyl halides is 1. The van der Waals surface area contributed by atoms with Crippen LogP contribution in [0, 0.1) is 11.3 Å². The summed E-state index contributed by atoms with van der Waals surface area (Å²) in [7, 11) is 0. The average molecular weight is 235 g/mol. The minimum absolute atomic E-state index is 0.0300. The summed E-state index contributed by atoms with van der Waals surface area (Å²) in [6, 6.07) is -0.639. The van der Waals surface area contributed by atoms with Gasteiger partial charge in [-0.15, -0.1) is 11.6 Å². The summed E-state index contributed by atoms with van der Waals surface area (Å²) < 4.78 is 0. The number of rotatable bonds is 5. The Kier molecular flexibility index (Phi) is 5.08. The van der Waals surface area contributed by atoms with E-state index in [1.165, 1.54) is 0 Å². The van der Waals surface area contributed by atoms with Crippen LogP contribution in [0.15, 0.2) is 0 Å². The van der Waals surface area contributed by atoms with E-state index in [0.717, 1.165) is 0 Å². The molecule has 1 unspecified atom stereocenters. The average Bonchev–Trinajstić information content (AvgIpc) is 2.12. The first-order chi connectivity index (χ1) is 6.72. The van der Waals surface area contributed by atoms with Crippen molar-refractivity contribution >= 4 is 23.4 Å². The van der Waals surface area contributed by atoms with Crippen LogP contribution in [0.1, 0.15) is 27.7 Å². The van der Waals surface area contributed by atoms with Crippen LogP contribution in [-0.4, -0.2) is 23.7 Å². The number of halogens is 1. The van der Waals surface area contributed by atoms with Crippen LogP contribution < -0.4 is 11.1 Å². The molecule has 0 aromatic carbocycles. The number of hydrogen-bond acceptors (Lipinski definition) is 2. The van der Waals surface area contributed by atoms with Gasteiger partial charge in [0.1, 0.15) is 6.04 Å². The summed E-state index contributed by atoms with van der Waals surface area (Å²) in [6.45, 7) is 7.08. The molecule has 0 saturated heterocycles. The quantitative estimate of drug-likeness (QED) is 0.693. The van der Waals surface area contributed by atoms with Gasteiger partial charge in [0.15, 0.2) is 0 Å². The van der Waals surface area contributed by atoms with Crippen LogP contribution in [0.4, 0.5) is 0 Å². The Balaban J connectivity index is 4.57. The van der Waals surface area contributed by atoms with Crippen molar-refractivity contribution in [3.63, 3.8) is 0 Å². The molecule has 0 saturated carbocycles. The summed E-state index contributed by atoms with van der Waals surface area (Å²) in [5.74, 6) is -0.612. The maximum Gasteiger partial charge on any atom is 0.240 e. The van der Waals surface area contributed by atoms with Crippen LogP contribution >= 0.6 is 11.6 Å². The SMILES string of the molecule is CC(C)C(NC(=O)C(C)(C)CCl)C(N)=O. The van der Waals surface area contributed by atoms with Gasteiger partial charge in [0.25, 0.3) is 0 Å². The molecule has 0 aromatic rings. The molecule has 5 heteroatoms. The minimum Gasteiger partial charge on any atom is -0.368 e. The number of nitrogens with two attached hydrogens (primary N) is 1. The fourth-order valence-corrected chi connectivity index (χ4v) is 1.08. The molecule has 2 amide bonds.